The fourth-order valence-electron chi connectivity index (χ4n) is 2.44. The van der Waals surface area contributed by atoms with Crippen molar-refractivity contribution >= 4 is 11.8 Å². The SMILES string of the molecule is CCOC(=O)c1cccnc1NCCCN1CCCC1. The van der Waals surface area contributed by atoms with E-state index in [4.69, 9.17) is 4.74 Å². The fraction of sp³-hybridized carbons (Fsp3) is 0.600. The Kier molecular flexibility index (Phi) is 5.80. The summed E-state index contributed by atoms with van der Waals surface area (Å²) in [5.74, 6) is 0.301. The Labute approximate surface area is 120 Å². The highest BCUT2D eigenvalue weighted by molar-refractivity contribution is 5.94. The summed E-state index contributed by atoms with van der Waals surface area (Å²) >= 11 is 0. The van der Waals surface area contributed by atoms with Crippen molar-refractivity contribution in [3.05, 3.63) is 23.9 Å². The van der Waals surface area contributed by atoms with Crippen LogP contribution in [0.3, 0.4) is 0 Å². The lowest BCUT2D eigenvalue weighted by Crippen LogP contribution is -2.22. The van der Waals surface area contributed by atoms with E-state index in [0.29, 0.717) is 18.0 Å². The molecule has 1 aliphatic rings. The van der Waals surface area contributed by atoms with Crippen molar-refractivity contribution in [1.82, 2.24) is 9.88 Å². The van der Waals surface area contributed by atoms with Gasteiger partial charge in [-0.1, -0.05) is 0 Å². The third-order valence-corrected chi connectivity index (χ3v) is 3.45. The Balaban J connectivity index is 1.80. The van der Waals surface area contributed by atoms with Gasteiger partial charge in [0.2, 0.25) is 0 Å². The number of nitrogens with zero attached hydrogens (tertiary/aromatic N) is 2. The van der Waals surface area contributed by atoms with Gasteiger partial charge in [0, 0.05) is 12.7 Å². The summed E-state index contributed by atoms with van der Waals surface area (Å²) < 4.78 is 5.03. The average molecular weight is 277 g/mol. The predicted molar refractivity (Wildman–Crippen MR) is 79.0 cm³/mol. The molecular formula is C15H23N3O2. The monoisotopic (exact) mass is 277 g/mol. The molecule has 1 aromatic heterocycles. The minimum atomic E-state index is -0.317. The van der Waals surface area contributed by atoms with Crippen LogP contribution in [0, 0.1) is 0 Å². The normalized spacial score (nSPS) is 15.2. The van der Waals surface area contributed by atoms with Crippen molar-refractivity contribution in [2.45, 2.75) is 26.2 Å². The summed E-state index contributed by atoms with van der Waals surface area (Å²) in [6.45, 7) is 6.55. The van der Waals surface area contributed by atoms with Crippen LogP contribution in [0.2, 0.25) is 0 Å². The lowest BCUT2D eigenvalue weighted by Gasteiger charge is -2.15. The average Bonchev–Trinajstić information content (AvgIpc) is 2.97. The maximum atomic E-state index is 11.8. The van der Waals surface area contributed by atoms with Crippen LogP contribution >= 0.6 is 0 Å². The predicted octanol–water partition coefficient (Wildman–Crippen LogP) is 2.16. The zero-order valence-corrected chi connectivity index (χ0v) is 12.1. The van der Waals surface area contributed by atoms with E-state index >= 15 is 0 Å². The van der Waals surface area contributed by atoms with E-state index in [-0.39, 0.29) is 5.97 Å². The van der Waals surface area contributed by atoms with E-state index in [2.05, 4.69) is 15.2 Å². The molecule has 20 heavy (non-hydrogen) atoms. The number of carbonyl (C=O) groups is 1. The Hall–Kier alpha value is -1.62. The van der Waals surface area contributed by atoms with Gasteiger partial charge in [-0.15, -0.1) is 0 Å². The third kappa shape index (κ3) is 4.20. The van der Waals surface area contributed by atoms with Gasteiger partial charge in [0.15, 0.2) is 0 Å². The maximum Gasteiger partial charge on any atom is 0.341 e. The Bertz CT molecular complexity index is 431. The Morgan fingerprint density at radius 1 is 1.45 bits per heavy atom. The van der Waals surface area contributed by atoms with Gasteiger partial charge in [0.05, 0.1) is 6.61 Å². The molecule has 0 atom stereocenters. The summed E-state index contributed by atoms with van der Waals surface area (Å²) in [6, 6.07) is 3.50. The number of carbonyl (C=O) groups excluding carboxylic acids is 1. The van der Waals surface area contributed by atoms with Crippen LogP contribution in [-0.2, 0) is 4.74 Å². The van der Waals surface area contributed by atoms with Crippen molar-refractivity contribution in [2.24, 2.45) is 0 Å². The minimum absolute atomic E-state index is 0.317. The van der Waals surface area contributed by atoms with Crippen LogP contribution in [0.1, 0.15) is 36.5 Å². The molecule has 0 radical (unpaired) electrons. The minimum Gasteiger partial charge on any atom is -0.462 e. The smallest absolute Gasteiger partial charge is 0.341 e. The van der Waals surface area contributed by atoms with Crippen LogP contribution in [0.5, 0.6) is 0 Å². The van der Waals surface area contributed by atoms with E-state index < -0.39 is 0 Å². The maximum absolute atomic E-state index is 11.8. The number of ether oxygens (including phenoxy) is 1. The first-order valence-electron chi connectivity index (χ1n) is 7.39. The molecule has 5 heteroatoms. The van der Waals surface area contributed by atoms with Gasteiger partial charge in [-0.3, -0.25) is 0 Å². The molecule has 0 bridgehead atoms. The third-order valence-electron chi connectivity index (χ3n) is 3.45. The van der Waals surface area contributed by atoms with Crippen molar-refractivity contribution in [2.75, 3.05) is 38.1 Å². The highest BCUT2D eigenvalue weighted by Gasteiger charge is 2.13. The highest BCUT2D eigenvalue weighted by Crippen LogP contribution is 2.13. The molecule has 0 saturated carbocycles. The van der Waals surface area contributed by atoms with Crippen molar-refractivity contribution < 1.29 is 9.53 Å². The number of hydrogen-bond donors (Lipinski definition) is 1. The van der Waals surface area contributed by atoms with Gasteiger partial charge in [0.1, 0.15) is 11.4 Å². The summed E-state index contributed by atoms with van der Waals surface area (Å²) in [7, 11) is 0. The molecule has 1 saturated heterocycles. The van der Waals surface area contributed by atoms with Gasteiger partial charge in [-0.2, -0.15) is 0 Å². The standard InChI is InChI=1S/C15H23N3O2/c1-2-20-15(19)13-7-5-8-16-14(13)17-9-6-12-18-10-3-4-11-18/h5,7-8H,2-4,6,9-12H2,1H3,(H,16,17). The molecule has 1 fully saturated rings. The summed E-state index contributed by atoms with van der Waals surface area (Å²) in [4.78, 5) is 18.5. The van der Waals surface area contributed by atoms with Crippen LogP contribution in [-0.4, -0.2) is 48.6 Å². The first-order chi connectivity index (χ1) is 9.81. The van der Waals surface area contributed by atoms with Crippen molar-refractivity contribution in [3.63, 3.8) is 0 Å². The summed E-state index contributed by atoms with van der Waals surface area (Å²) in [5, 5.41) is 3.24. The second-order valence-electron chi connectivity index (χ2n) is 4.95. The number of esters is 1. The number of hydrogen-bond acceptors (Lipinski definition) is 5. The first kappa shape index (κ1) is 14.8. The number of rotatable bonds is 7. The van der Waals surface area contributed by atoms with Gasteiger partial charge in [-0.05, 0) is 58.0 Å². The topological polar surface area (TPSA) is 54.5 Å². The summed E-state index contributed by atoms with van der Waals surface area (Å²) in [6.07, 6.45) is 5.38. The van der Waals surface area contributed by atoms with Crippen LogP contribution < -0.4 is 5.32 Å². The quantitative estimate of drug-likeness (QED) is 0.611. The molecule has 0 aromatic carbocycles. The van der Waals surface area contributed by atoms with Gasteiger partial charge in [0.25, 0.3) is 0 Å². The zero-order chi connectivity index (χ0) is 14.2. The number of aromatic nitrogens is 1. The number of pyridine rings is 1. The molecular weight excluding hydrogens is 254 g/mol. The fourth-order valence-corrected chi connectivity index (χ4v) is 2.44. The van der Waals surface area contributed by atoms with Gasteiger partial charge in [-0.25, -0.2) is 9.78 Å². The van der Waals surface area contributed by atoms with Crippen LogP contribution in [0.25, 0.3) is 0 Å². The molecule has 0 amide bonds. The molecule has 5 nitrogen and oxygen atoms in total. The van der Waals surface area contributed by atoms with Gasteiger partial charge < -0.3 is 15.0 Å². The van der Waals surface area contributed by atoms with Crippen LogP contribution in [0.4, 0.5) is 5.82 Å². The number of anilines is 1. The van der Waals surface area contributed by atoms with Crippen molar-refractivity contribution in [1.29, 1.82) is 0 Å². The van der Waals surface area contributed by atoms with Crippen molar-refractivity contribution in [3.8, 4) is 0 Å². The van der Waals surface area contributed by atoms with E-state index in [1.807, 2.05) is 0 Å². The molecule has 2 heterocycles. The molecule has 1 N–H and O–H groups in total. The second kappa shape index (κ2) is 7.85. The van der Waals surface area contributed by atoms with E-state index in [0.717, 1.165) is 19.5 Å². The molecule has 110 valence electrons. The Morgan fingerprint density at radius 2 is 2.25 bits per heavy atom. The van der Waals surface area contributed by atoms with Gasteiger partial charge >= 0.3 is 5.97 Å². The molecule has 1 aromatic rings. The zero-order valence-electron chi connectivity index (χ0n) is 12.1. The number of nitrogens with one attached hydrogen (secondary N) is 1. The largest absolute Gasteiger partial charge is 0.462 e. The molecule has 0 unspecified atom stereocenters. The first-order valence-corrected chi connectivity index (χ1v) is 7.39. The lowest BCUT2D eigenvalue weighted by molar-refractivity contribution is 0.0527. The molecule has 1 aliphatic heterocycles. The molecule has 0 spiro atoms. The highest BCUT2D eigenvalue weighted by atomic mass is 16.5. The van der Waals surface area contributed by atoms with E-state index in [9.17, 15) is 4.79 Å². The summed E-state index contributed by atoms with van der Waals surface area (Å²) in [5.41, 5.74) is 0.510. The van der Waals surface area contributed by atoms with E-state index in [1.165, 1.54) is 25.9 Å². The van der Waals surface area contributed by atoms with Crippen LogP contribution in [0.15, 0.2) is 18.3 Å². The number of likely N-dealkylation sites (tertiary alicyclic amines) is 1. The molecule has 0 aliphatic carbocycles. The Morgan fingerprint density at radius 3 is 3.00 bits per heavy atom. The lowest BCUT2D eigenvalue weighted by atomic mass is 10.2. The van der Waals surface area contributed by atoms with E-state index in [1.54, 1.807) is 25.3 Å². The second-order valence-corrected chi connectivity index (χ2v) is 4.95. The molecule has 2 rings (SSSR count).